The Kier molecular flexibility index (Phi) is 6.04. The van der Waals surface area contributed by atoms with Gasteiger partial charge in [-0.2, -0.15) is 0 Å². The number of carbonyl (C=O) groups is 3. The number of hydrogen-bond donors (Lipinski definition) is 1. The van der Waals surface area contributed by atoms with Gasteiger partial charge < -0.3 is 9.84 Å². The van der Waals surface area contributed by atoms with E-state index in [4.69, 9.17) is 5.11 Å². The number of benzene rings is 1. The minimum atomic E-state index is -1.61. The fourth-order valence-electron chi connectivity index (χ4n) is 0.850. The molecule has 0 aliphatic carbocycles. The minimum Gasteiger partial charge on any atom is -0.475 e. The molecule has 1 aromatic rings. The predicted molar refractivity (Wildman–Crippen MR) is 49.4 cm³/mol. The number of carboxylic acids is 1. The van der Waals surface area contributed by atoms with Crippen molar-refractivity contribution in [3.05, 3.63) is 35.9 Å². The molecule has 0 radical (unpaired) electrons. The van der Waals surface area contributed by atoms with Gasteiger partial charge in [0.05, 0.1) is 5.56 Å². The molecule has 5 nitrogen and oxygen atoms in total. The van der Waals surface area contributed by atoms with Gasteiger partial charge in [0.25, 0.3) is 5.78 Å². The Morgan fingerprint density at radius 1 is 1.12 bits per heavy atom. The van der Waals surface area contributed by atoms with Gasteiger partial charge >= 0.3 is 11.9 Å². The van der Waals surface area contributed by atoms with Gasteiger partial charge in [-0.05, 0) is 12.1 Å². The molecular weight excluding hydrogens is 259 g/mol. The van der Waals surface area contributed by atoms with E-state index in [1.165, 1.54) is 12.1 Å². The van der Waals surface area contributed by atoms with Gasteiger partial charge in [-0.1, -0.05) is 18.2 Å². The molecule has 1 N–H and O–H groups in total. The van der Waals surface area contributed by atoms with Gasteiger partial charge in [0.15, 0.2) is 6.61 Å². The zero-order valence-corrected chi connectivity index (χ0v) is 8.98. The molecule has 0 heterocycles. The van der Waals surface area contributed by atoms with Gasteiger partial charge in [-0.3, -0.25) is 4.79 Å². The van der Waals surface area contributed by atoms with E-state index in [1.54, 1.807) is 18.2 Å². The number of rotatable bonds is 4. The number of hydrogen-bond acceptors (Lipinski definition) is 4. The van der Waals surface area contributed by atoms with Crippen LogP contribution in [-0.2, 0) is 30.8 Å². The monoisotopic (exact) mass is 266 g/mol. The van der Waals surface area contributed by atoms with Gasteiger partial charge in [-0.25, -0.2) is 9.59 Å². The molecular formula is C10H8NiO5. The van der Waals surface area contributed by atoms with Gasteiger partial charge in [-0.15, -0.1) is 0 Å². The normalized spacial score (nSPS) is 8.75. The molecule has 0 saturated carbocycles. The summed E-state index contributed by atoms with van der Waals surface area (Å²) in [6.07, 6.45) is 0. The van der Waals surface area contributed by atoms with Gasteiger partial charge in [0.1, 0.15) is 0 Å². The molecule has 1 rings (SSSR count). The van der Waals surface area contributed by atoms with E-state index < -0.39 is 24.3 Å². The fraction of sp³-hybridized carbons (Fsp3) is 0.100. The maximum atomic E-state index is 11.2. The third kappa shape index (κ3) is 4.23. The van der Waals surface area contributed by atoms with E-state index in [2.05, 4.69) is 4.74 Å². The first-order valence-corrected chi connectivity index (χ1v) is 4.09. The summed E-state index contributed by atoms with van der Waals surface area (Å²) in [5, 5.41) is 8.22. The number of ether oxygens (including phenoxy) is 1. The predicted octanol–water partition coefficient (Wildman–Crippen LogP) is 0.495. The van der Waals surface area contributed by atoms with Crippen molar-refractivity contribution >= 4 is 17.7 Å². The molecule has 0 aliphatic heterocycles. The van der Waals surface area contributed by atoms with Crippen molar-refractivity contribution in [3.8, 4) is 0 Å². The molecule has 0 atom stereocenters. The number of aliphatic carboxylic acids is 1. The van der Waals surface area contributed by atoms with E-state index in [0.29, 0.717) is 0 Å². The summed E-state index contributed by atoms with van der Waals surface area (Å²) in [6, 6.07) is 8.01. The van der Waals surface area contributed by atoms with Crippen LogP contribution in [0.5, 0.6) is 0 Å². The first kappa shape index (κ1) is 14.3. The summed E-state index contributed by atoms with van der Waals surface area (Å²) in [5.74, 6) is -3.49. The Morgan fingerprint density at radius 3 is 2.19 bits per heavy atom. The number of ketones is 1. The molecule has 0 aromatic heterocycles. The van der Waals surface area contributed by atoms with Crippen LogP contribution in [0.1, 0.15) is 10.4 Å². The molecule has 16 heavy (non-hydrogen) atoms. The summed E-state index contributed by atoms with van der Waals surface area (Å²) in [4.78, 5) is 31.9. The van der Waals surface area contributed by atoms with E-state index in [1.807, 2.05) is 0 Å². The molecule has 0 bridgehead atoms. The van der Waals surface area contributed by atoms with Gasteiger partial charge in [0.2, 0.25) is 0 Å². The molecule has 0 fully saturated rings. The summed E-state index contributed by atoms with van der Waals surface area (Å²) in [6.45, 7) is -0.747. The average molecular weight is 267 g/mol. The van der Waals surface area contributed by atoms with E-state index in [-0.39, 0.29) is 22.1 Å². The molecule has 0 aliphatic rings. The molecule has 1 aromatic carbocycles. The SMILES string of the molecule is O=C(O)C(=O)COC(=O)c1ccccc1.[Ni]. The third-order valence-corrected chi connectivity index (χ3v) is 1.58. The molecule has 6 heteroatoms. The van der Waals surface area contributed by atoms with E-state index in [0.717, 1.165) is 0 Å². The van der Waals surface area contributed by atoms with Crippen molar-refractivity contribution in [2.45, 2.75) is 0 Å². The maximum absolute atomic E-state index is 11.2. The second-order valence-electron chi connectivity index (χ2n) is 2.67. The largest absolute Gasteiger partial charge is 0.475 e. The zero-order valence-electron chi connectivity index (χ0n) is 7.99. The Balaban J connectivity index is 0.00000225. The van der Waals surface area contributed by atoms with Crippen LogP contribution in [-0.4, -0.2) is 29.4 Å². The Hall–Kier alpha value is -1.68. The number of esters is 1. The fourth-order valence-corrected chi connectivity index (χ4v) is 0.850. The van der Waals surface area contributed by atoms with Crippen LogP contribution in [0.3, 0.4) is 0 Å². The van der Waals surface area contributed by atoms with Gasteiger partial charge in [0, 0.05) is 16.5 Å². The molecule has 0 unspecified atom stereocenters. The Bertz CT molecular complexity index is 387. The van der Waals surface area contributed by atoms with Crippen LogP contribution in [0.25, 0.3) is 0 Å². The molecule has 0 saturated heterocycles. The van der Waals surface area contributed by atoms with Crippen molar-refractivity contribution in [2.75, 3.05) is 6.61 Å². The number of Topliss-reactive ketones (excluding diaryl/α,β-unsaturated/α-hetero) is 1. The van der Waals surface area contributed by atoms with Crippen molar-refractivity contribution in [3.63, 3.8) is 0 Å². The van der Waals surface area contributed by atoms with E-state index >= 15 is 0 Å². The van der Waals surface area contributed by atoms with Crippen molar-refractivity contribution < 1.29 is 40.7 Å². The van der Waals surface area contributed by atoms with Crippen molar-refractivity contribution in [1.82, 2.24) is 0 Å². The van der Waals surface area contributed by atoms with Crippen LogP contribution >= 0.6 is 0 Å². The Morgan fingerprint density at radius 2 is 1.69 bits per heavy atom. The molecule has 0 amide bonds. The first-order chi connectivity index (χ1) is 7.11. The van der Waals surface area contributed by atoms with Crippen LogP contribution in [0.15, 0.2) is 30.3 Å². The summed E-state index contributed by atoms with van der Waals surface area (Å²) in [7, 11) is 0. The molecule has 0 spiro atoms. The standard InChI is InChI=1S/C10H8O5.Ni/c11-8(9(12)13)6-15-10(14)7-4-2-1-3-5-7;/h1-5H,6H2,(H,12,13);. The van der Waals surface area contributed by atoms with Crippen LogP contribution in [0.4, 0.5) is 0 Å². The van der Waals surface area contributed by atoms with Crippen LogP contribution in [0.2, 0.25) is 0 Å². The smallest absolute Gasteiger partial charge is 0.375 e. The van der Waals surface area contributed by atoms with Crippen LogP contribution < -0.4 is 0 Å². The zero-order chi connectivity index (χ0) is 11.3. The second kappa shape index (κ2) is 6.74. The summed E-state index contributed by atoms with van der Waals surface area (Å²) in [5.41, 5.74) is 0.274. The number of carbonyl (C=O) groups excluding carboxylic acids is 2. The third-order valence-electron chi connectivity index (χ3n) is 1.58. The van der Waals surface area contributed by atoms with Crippen molar-refractivity contribution in [2.24, 2.45) is 0 Å². The Labute approximate surface area is 101 Å². The first-order valence-electron chi connectivity index (χ1n) is 4.09. The minimum absolute atomic E-state index is 0. The van der Waals surface area contributed by atoms with Crippen LogP contribution in [0, 0.1) is 0 Å². The average Bonchev–Trinajstić information content (AvgIpc) is 2.26. The maximum Gasteiger partial charge on any atom is 0.375 e. The second-order valence-corrected chi connectivity index (χ2v) is 2.67. The van der Waals surface area contributed by atoms with Crippen molar-refractivity contribution in [1.29, 1.82) is 0 Å². The topological polar surface area (TPSA) is 80.7 Å². The molecule has 88 valence electrons. The quantitative estimate of drug-likeness (QED) is 0.488. The summed E-state index contributed by atoms with van der Waals surface area (Å²) < 4.78 is 4.48. The summed E-state index contributed by atoms with van der Waals surface area (Å²) >= 11 is 0. The number of carboxylic acid groups (broad SMARTS) is 1. The van der Waals surface area contributed by atoms with E-state index in [9.17, 15) is 14.4 Å².